The van der Waals surface area contributed by atoms with Gasteiger partial charge < -0.3 is 10.4 Å². The highest BCUT2D eigenvalue weighted by Gasteiger charge is 2.24. The smallest absolute Gasteiger partial charge is 0.308 e. The van der Waals surface area contributed by atoms with Gasteiger partial charge in [0.15, 0.2) is 5.13 Å². The lowest BCUT2D eigenvalue weighted by molar-refractivity contribution is -0.142. The van der Waals surface area contributed by atoms with Crippen molar-refractivity contribution < 1.29 is 9.90 Å². The average Bonchev–Trinajstić information content (AvgIpc) is 2.56. The Kier molecular flexibility index (Phi) is 4.94. The van der Waals surface area contributed by atoms with Gasteiger partial charge in [-0.3, -0.25) is 4.79 Å². The number of nitrogens with one attached hydrogen (secondary N) is 1. The molecule has 1 aromatic rings. The molecule has 0 aliphatic heterocycles. The van der Waals surface area contributed by atoms with Crippen molar-refractivity contribution in [2.24, 2.45) is 11.3 Å². The first-order valence-corrected chi connectivity index (χ1v) is 7.03. The summed E-state index contributed by atoms with van der Waals surface area (Å²) < 4.78 is 0.771. The first kappa shape index (κ1) is 14.4. The van der Waals surface area contributed by atoms with Crippen LogP contribution in [0.2, 0.25) is 0 Å². The van der Waals surface area contributed by atoms with E-state index in [0.29, 0.717) is 13.0 Å². The zero-order valence-corrected chi connectivity index (χ0v) is 12.6. The molecule has 0 radical (unpaired) electrons. The molecule has 0 spiro atoms. The fraction of sp³-hybridized carbons (Fsp3) is 0.636. The van der Waals surface area contributed by atoms with Gasteiger partial charge in [0.2, 0.25) is 0 Å². The number of carboxylic acid groups (broad SMARTS) is 1. The fourth-order valence-electron chi connectivity index (χ4n) is 1.53. The quantitative estimate of drug-likeness (QED) is 0.872. The number of thiazole rings is 1. The van der Waals surface area contributed by atoms with Crippen molar-refractivity contribution in [3.8, 4) is 0 Å². The fourth-order valence-corrected chi connectivity index (χ4v) is 2.69. The molecule has 1 heterocycles. The predicted octanol–water partition coefficient (Wildman–Crippen LogP) is 3.45. The summed E-state index contributed by atoms with van der Waals surface area (Å²) in [5.41, 5.74) is 0.00813. The number of halogens is 1. The molecule has 0 aromatic carbocycles. The Labute approximate surface area is 114 Å². The van der Waals surface area contributed by atoms with Crippen LogP contribution in [0.1, 0.15) is 27.2 Å². The third kappa shape index (κ3) is 5.50. The highest BCUT2D eigenvalue weighted by atomic mass is 79.9. The van der Waals surface area contributed by atoms with Crippen molar-refractivity contribution >= 4 is 38.4 Å². The van der Waals surface area contributed by atoms with Crippen LogP contribution in [0.25, 0.3) is 0 Å². The van der Waals surface area contributed by atoms with E-state index in [1.54, 1.807) is 0 Å². The third-order valence-corrected chi connectivity index (χ3v) is 3.69. The molecule has 0 saturated heterocycles. The van der Waals surface area contributed by atoms with Crippen molar-refractivity contribution in [1.82, 2.24) is 4.98 Å². The normalized spacial score (nSPS) is 13.4. The third-order valence-electron chi connectivity index (χ3n) is 2.18. The Morgan fingerprint density at radius 2 is 2.29 bits per heavy atom. The molecule has 1 unspecified atom stereocenters. The van der Waals surface area contributed by atoms with Crippen LogP contribution >= 0.6 is 27.3 Å². The first-order chi connectivity index (χ1) is 7.78. The van der Waals surface area contributed by atoms with E-state index in [1.165, 1.54) is 11.3 Å². The maximum absolute atomic E-state index is 11.1. The van der Waals surface area contributed by atoms with E-state index >= 15 is 0 Å². The van der Waals surface area contributed by atoms with Gasteiger partial charge in [0.1, 0.15) is 4.60 Å². The lowest BCUT2D eigenvalue weighted by Crippen LogP contribution is -2.27. The highest BCUT2D eigenvalue weighted by molar-refractivity contribution is 9.10. The molecule has 0 saturated carbocycles. The lowest BCUT2D eigenvalue weighted by atomic mass is 9.84. The van der Waals surface area contributed by atoms with Crippen molar-refractivity contribution in [2.75, 3.05) is 11.9 Å². The van der Waals surface area contributed by atoms with Gasteiger partial charge in [-0.05, 0) is 27.8 Å². The van der Waals surface area contributed by atoms with Gasteiger partial charge in [-0.15, -0.1) is 11.3 Å². The van der Waals surface area contributed by atoms with E-state index < -0.39 is 11.9 Å². The minimum atomic E-state index is -0.761. The van der Waals surface area contributed by atoms with Crippen LogP contribution in [0.3, 0.4) is 0 Å². The molecule has 1 aromatic heterocycles. The minimum absolute atomic E-state index is 0.00813. The monoisotopic (exact) mass is 320 g/mol. The zero-order valence-electron chi connectivity index (χ0n) is 10.2. The van der Waals surface area contributed by atoms with Crippen LogP contribution in [-0.4, -0.2) is 22.6 Å². The second-order valence-electron chi connectivity index (χ2n) is 5.16. The van der Waals surface area contributed by atoms with Crippen molar-refractivity contribution in [2.45, 2.75) is 27.2 Å². The Bertz CT molecular complexity index is 387. The Balaban J connectivity index is 2.53. The molecule has 0 aliphatic rings. The Hall–Kier alpha value is -0.620. The number of nitrogens with zero attached hydrogens (tertiary/aromatic N) is 1. The summed E-state index contributed by atoms with van der Waals surface area (Å²) in [4.78, 5) is 15.3. The second kappa shape index (κ2) is 5.82. The molecule has 4 nitrogen and oxygen atoms in total. The number of hydrogen-bond acceptors (Lipinski definition) is 4. The molecular weight excluding hydrogens is 304 g/mol. The van der Waals surface area contributed by atoms with Crippen molar-refractivity contribution in [3.05, 3.63) is 9.98 Å². The number of hydrogen-bond donors (Lipinski definition) is 2. The number of anilines is 1. The van der Waals surface area contributed by atoms with Gasteiger partial charge in [0.05, 0.1) is 5.92 Å². The molecule has 1 atom stereocenters. The number of carbonyl (C=O) groups is 1. The van der Waals surface area contributed by atoms with Gasteiger partial charge in [-0.1, -0.05) is 20.8 Å². The zero-order chi connectivity index (χ0) is 13.1. The lowest BCUT2D eigenvalue weighted by Gasteiger charge is -2.23. The molecule has 6 heteroatoms. The minimum Gasteiger partial charge on any atom is -0.481 e. The molecular formula is C11H17BrN2O2S. The summed E-state index contributed by atoms with van der Waals surface area (Å²) in [7, 11) is 0. The molecule has 0 bridgehead atoms. The predicted molar refractivity (Wildman–Crippen MR) is 73.5 cm³/mol. The molecule has 0 amide bonds. The van der Waals surface area contributed by atoms with Gasteiger partial charge in [0.25, 0.3) is 0 Å². The second-order valence-corrected chi connectivity index (χ2v) is 6.83. The summed E-state index contributed by atoms with van der Waals surface area (Å²) in [5.74, 6) is -1.15. The SMILES string of the molecule is CC(C)(C)CC(CNc1nc(Br)cs1)C(=O)O. The summed E-state index contributed by atoms with van der Waals surface area (Å²) in [5, 5.41) is 14.8. The van der Waals surface area contributed by atoms with Gasteiger partial charge in [-0.25, -0.2) is 4.98 Å². The van der Waals surface area contributed by atoms with E-state index in [0.717, 1.165) is 9.73 Å². The van der Waals surface area contributed by atoms with Crippen LogP contribution in [-0.2, 0) is 4.79 Å². The maximum Gasteiger partial charge on any atom is 0.308 e. The molecule has 0 fully saturated rings. The summed E-state index contributed by atoms with van der Waals surface area (Å²) in [6.07, 6.45) is 0.641. The first-order valence-electron chi connectivity index (χ1n) is 5.35. The number of rotatable bonds is 5. The van der Waals surface area contributed by atoms with E-state index in [4.69, 9.17) is 5.11 Å². The van der Waals surface area contributed by atoms with Crippen LogP contribution in [0.5, 0.6) is 0 Å². The summed E-state index contributed by atoms with van der Waals surface area (Å²) in [6.45, 7) is 6.54. The number of aliphatic carboxylic acids is 1. The van der Waals surface area contributed by atoms with Crippen LogP contribution < -0.4 is 5.32 Å². The van der Waals surface area contributed by atoms with Crippen LogP contribution in [0.15, 0.2) is 9.98 Å². The maximum atomic E-state index is 11.1. The van der Waals surface area contributed by atoms with Crippen LogP contribution in [0.4, 0.5) is 5.13 Å². The Morgan fingerprint density at radius 1 is 1.65 bits per heavy atom. The molecule has 17 heavy (non-hydrogen) atoms. The number of aromatic nitrogens is 1. The van der Waals surface area contributed by atoms with Crippen LogP contribution in [0, 0.1) is 11.3 Å². The van der Waals surface area contributed by atoms with E-state index in [1.807, 2.05) is 26.2 Å². The largest absolute Gasteiger partial charge is 0.481 e. The van der Waals surface area contributed by atoms with E-state index in [9.17, 15) is 4.79 Å². The van der Waals surface area contributed by atoms with Gasteiger partial charge in [0, 0.05) is 11.9 Å². The molecule has 96 valence electrons. The topological polar surface area (TPSA) is 62.2 Å². The summed E-state index contributed by atoms with van der Waals surface area (Å²) >= 11 is 4.72. The van der Waals surface area contributed by atoms with Crippen molar-refractivity contribution in [3.63, 3.8) is 0 Å². The highest BCUT2D eigenvalue weighted by Crippen LogP contribution is 2.26. The van der Waals surface area contributed by atoms with E-state index in [2.05, 4.69) is 26.2 Å². The number of carboxylic acids is 1. The van der Waals surface area contributed by atoms with Gasteiger partial charge in [-0.2, -0.15) is 0 Å². The molecule has 0 aliphatic carbocycles. The van der Waals surface area contributed by atoms with Gasteiger partial charge >= 0.3 is 5.97 Å². The standard InChI is InChI=1S/C11H17BrN2O2S/c1-11(2,3)4-7(9(15)16)5-13-10-14-8(12)6-17-10/h6-7H,4-5H2,1-3H3,(H,13,14)(H,15,16). The Morgan fingerprint density at radius 3 is 2.71 bits per heavy atom. The van der Waals surface area contributed by atoms with Crippen molar-refractivity contribution in [1.29, 1.82) is 0 Å². The summed E-state index contributed by atoms with van der Waals surface area (Å²) in [6, 6.07) is 0. The van der Waals surface area contributed by atoms with E-state index in [-0.39, 0.29) is 5.41 Å². The molecule has 2 N–H and O–H groups in total. The molecule has 1 rings (SSSR count). The average molecular weight is 321 g/mol.